The van der Waals surface area contributed by atoms with E-state index >= 15 is 0 Å². The van der Waals surface area contributed by atoms with Gasteiger partial charge in [0.1, 0.15) is 0 Å². The van der Waals surface area contributed by atoms with Gasteiger partial charge < -0.3 is 10.3 Å². The van der Waals surface area contributed by atoms with Crippen LogP contribution in [-0.4, -0.2) is 36.1 Å². The van der Waals surface area contributed by atoms with Crippen molar-refractivity contribution in [3.63, 3.8) is 0 Å². The summed E-state index contributed by atoms with van der Waals surface area (Å²) in [7, 11) is 0. The van der Waals surface area contributed by atoms with E-state index in [4.69, 9.17) is 5.41 Å². The van der Waals surface area contributed by atoms with Crippen LogP contribution in [-0.2, 0) is 0 Å². The molecule has 0 aliphatic carbocycles. The van der Waals surface area contributed by atoms with Crippen LogP contribution in [0.15, 0.2) is 4.99 Å². The average molecular weight is 221 g/mol. The second-order valence-electron chi connectivity index (χ2n) is 5.03. The van der Waals surface area contributed by atoms with Crippen LogP contribution < -0.4 is 0 Å². The third-order valence-corrected chi connectivity index (χ3v) is 3.89. The van der Waals surface area contributed by atoms with E-state index in [2.05, 4.69) is 16.8 Å². The number of hydrogen-bond donors (Lipinski definition) is 1. The lowest BCUT2D eigenvalue weighted by atomic mass is 9.98. The van der Waals surface area contributed by atoms with Crippen molar-refractivity contribution in [1.29, 1.82) is 5.41 Å². The Kier molecular flexibility index (Phi) is 3.97. The molecule has 1 saturated heterocycles. The number of hydrogen-bond acceptors (Lipinski definition) is 3. The normalized spacial score (nSPS) is 27.6. The molecule has 0 bridgehead atoms. The van der Waals surface area contributed by atoms with Crippen molar-refractivity contribution < 1.29 is 0 Å². The maximum absolute atomic E-state index is 7.57. The summed E-state index contributed by atoms with van der Waals surface area (Å²) < 4.78 is 0. The summed E-state index contributed by atoms with van der Waals surface area (Å²) >= 11 is 0. The Balaban J connectivity index is 1.92. The molecule has 1 unspecified atom stereocenters. The van der Waals surface area contributed by atoms with Gasteiger partial charge in [-0.25, -0.2) is 0 Å². The maximum Gasteiger partial charge on any atom is 0.0997 e. The van der Waals surface area contributed by atoms with Gasteiger partial charge in [-0.1, -0.05) is 13.3 Å². The summed E-state index contributed by atoms with van der Waals surface area (Å²) in [5, 5.41) is 7.57. The summed E-state index contributed by atoms with van der Waals surface area (Å²) in [5.74, 6) is 2.19. The van der Waals surface area contributed by atoms with Gasteiger partial charge in [0.25, 0.3) is 0 Å². The fourth-order valence-corrected chi connectivity index (χ4v) is 2.70. The monoisotopic (exact) mass is 221 g/mol. The van der Waals surface area contributed by atoms with Crippen molar-refractivity contribution in [2.45, 2.75) is 45.4 Å². The minimum absolute atomic E-state index is 0.642. The summed E-state index contributed by atoms with van der Waals surface area (Å²) in [6.07, 6.45) is 7.27. The molecule has 2 heterocycles. The van der Waals surface area contributed by atoms with Gasteiger partial charge in [-0.3, -0.25) is 4.99 Å². The maximum atomic E-state index is 7.57. The Hall–Kier alpha value is -0.860. The van der Waals surface area contributed by atoms with E-state index in [9.17, 15) is 0 Å². The van der Waals surface area contributed by atoms with Crippen molar-refractivity contribution in [1.82, 2.24) is 4.90 Å². The van der Waals surface area contributed by atoms with E-state index in [0.29, 0.717) is 6.54 Å². The predicted octanol–water partition coefficient (Wildman–Crippen LogP) is 2.71. The highest BCUT2D eigenvalue weighted by Gasteiger charge is 2.20. The topological polar surface area (TPSA) is 39.5 Å². The van der Waals surface area contributed by atoms with E-state index < -0.39 is 0 Å². The number of nitrogens with one attached hydrogen (secondary N) is 1. The van der Waals surface area contributed by atoms with Crippen molar-refractivity contribution >= 4 is 11.5 Å². The van der Waals surface area contributed by atoms with E-state index in [-0.39, 0.29) is 0 Å². The van der Waals surface area contributed by atoms with Gasteiger partial charge in [0, 0.05) is 25.2 Å². The lowest BCUT2D eigenvalue weighted by molar-refractivity contribution is 0.404. The molecule has 1 fully saturated rings. The Labute approximate surface area is 98.4 Å². The second kappa shape index (κ2) is 5.46. The Morgan fingerprint density at radius 2 is 2.19 bits per heavy atom. The molecular formula is C13H23N3. The van der Waals surface area contributed by atoms with E-state index in [1.54, 1.807) is 0 Å². The molecule has 2 aliphatic rings. The number of amidine groups is 1. The lowest BCUT2D eigenvalue weighted by Crippen LogP contribution is -2.35. The van der Waals surface area contributed by atoms with Crippen LogP contribution in [0.5, 0.6) is 0 Å². The van der Waals surface area contributed by atoms with Gasteiger partial charge in [0.2, 0.25) is 0 Å². The number of likely N-dealkylation sites (tertiary alicyclic amines) is 1. The molecule has 2 rings (SSSR count). The van der Waals surface area contributed by atoms with Crippen LogP contribution >= 0.6 is 0 Å². The molecule has 3 nitrogen and oxygen atoms in total. The third kappa shape index (κ3) is 2.83. The van der Waals surface area contributed by atoms with Gasteiger partial charge in [-0.15, -0.1) is 0 Å². The molecule has 0 saturated carbocycles. The Morgan fingerprint density at radius 3 is 2.88 bits per heavy atom. The van der Waals surface area contributed by atoms with Gasteiger partial charge in [-0.05, 0) is 31.6 Å². The first-order valence-electron chi connectivity index (χ1n) is 6.64. The van der Waals surface area contributed by atoms with Crippen LogP contribution in [0.3, 0.4) is 0 Å². The highest BCUT2D eigenvalue weighted by Crippen LogP contribution is 2.21. The predicted molar refractivity (Wildman–Crippen MR) is 68.5 cm³/mol. The molecule has 16 heavy (non-hydrogen) atoms. The lowest BCUT2D eigenvalue weighted by Gasteiger charge is -2.27. The minimum Gasteiger partial charge on any atom is -0.360 e. The first kappa shape index (κ1) is 11.6. The van der Waals surface area contributed by atoms with Crippen LogP contribution in [0.1, 0.15) is 45.4 Å². The molecular weight excluding hydrogens is 198 g/mol. The van der Waals surface area contributed by atoms with Crippen molar-refractivity contribution in [3.05, 3.63) is 0 Å². The van der Waals surface area contributed by atoms with Crippen LogP contribution in [0.4, 0.5) is 0 Å². The quantitative estimate of drug-likeness (QED) is 0.726. The second-order valence-corrected chi connectivity index (χ2v) is 5.03. The zero-order valence-electron chi connectivity index (χ0n) is 10.3. The molecule has 0 radical (unpaired) electrons. The molecule has 0 spiro atoms. The molecule has 3 heteroatoms. The molecule has 90 valence electrons. The van der Waals surface area contributed by atoms with Crippen molar-refractivity contribution in [3.8, 4) is 0 Å². The highest BCUT2D eigenvalue weighted by atomic mass is 15.2. The van der Waals surface area contributed by atoms with Gasteiger partial charge in [-0.2, -0.15) is 0 Å². The largest absolute Gasteiger partial charge is 0.360 e. The SMILES string of the molecule is CCC1CCCN(C2=NCC(=N)CC2)CC1. The minimum atomic E-state index is 0.642. The van der Waals surface area contributed by atoms with Gasteiger partial charge >= 0.3 is 0 Å². The summed E-state index contributed by atoms with van der Waals surface area (Å²) in [6, 6.07) is 0. The molecule has 0 aromatic heterocycles. The number of nitrogens with zero attached hydrogens (tertiary/aromatic N) is 2. The van der Waals surface area contributed by atoms with Crippen LogP contribution in [0.2, 0.25) is 0 Å². The fourth-order valence-electron chi connectivity index (χ4n) is 2.70. The van der Waals surface area contributed by atoms with Crippen LogP contribution in [0.25, 0.3) is 0 Å². The zero-order chi connectivity index (χ0) is 11.4. The zero-order valence-corrected chi connectivity index (χ0v) is 10.3. The standard InChI is InChI=1S/C13H23N3/c1-2-11-4-3-8-16(9-7-11)13-6-5-12(14)10-15-13/h11,14H,2-10H2,1H3. The van der Waals surface area contributed by atoms with Crippen molar-refractivity contribution in [2.75, 3.05) is 19.6 Å². The van der Waals surface area contributed by atoms with Gasteiger partial charge in [0.15, 0.2) is 0 Å². The molecule has 0 aromatic carbocycles. The third-order valence-electron chi connectivity index (χ3n) is 3.89. The molecule has 2 aliphatic heterocycles. The van der Waals surface area contributed by atoms with Crippen molar-refractivity contribution in [2.24, 2.45) is 10.9 Å². The summed E-state index contributed by atoms with van der Waals surface area (Å²) in [5.41, 5.74) is 0.796. The highest BCUT2D eigenvalue weighted by molar-refractivity contribution is 5.95. The summed E-state index contributed by atoms with van der Waals surface area (Å²) in [4.78, 5) is 7.02. The van der Waals surface area contributed by atoms with Crippen LogP contribution in [0, 0.1) is 11.3 Å². The molecule has 1 atom stereocenters. The van der Waals surface area contributed by atoms with Gasteiger partial charge in [0.05, 0.1) is 12.4 Å². The number of rotatable bonds is 1. The summed E-state index contributed by atoms with van der Waals surface area (Å²) in [6.45, 7) is 5.32. The average Bonchev–Trinajstić information content (AvgIpc) is 2.55. The first-order valence-corrected chi connectivity index (χ1v) is 6.64. The van der Waals surface area contributed by atoms with E-state index in [1.165, 1.54) is 44.6 Å². The van der Waals surface area contributed by atoms with E-state index in [0.717, 1.165) is 24.5 Å². The smallest absolute Gasteiger partial charge is 0.0997 e. The van der Waals surface area contributed by atoms with E-state index in [1.807, 2.05) is 0 Å². The Bertz CT molecular complexity index is 283. The molecule has 1 N–H and O–H groups in total. The Morgan fingerprint density at radius 1 is 1.31 bits per heavy atom. The fraction of sp³-hybridized carbons (Fsp3) is 0.846. The number of aliphatic imine (C=N–C) groups is 1. The molecule has 0 aromatic rings. The first-order chi connectivity index (χ1) is 7.79. The molecule has 0 amide bonds.